The predicted octanol–water partition coefficient (Wildman–Crippen LogP) is 5.71. The molecule has 6 nitrogen and oxygen atoms in total. The van der Waals surface area contributed by atoms with E-state index in [4.69, 9.17) is 15.3 Å². The predicted molar refractivity (Wildman–Crippen MR) is 137 cm³/mol. The van der Waals surface area contributed by atoms with Crippen molar-refractivity contribution < 1.29 is 27.5 Å². The Kier molecular flexibility index (Phi) is 16.2. The number of benzene rings is 4. The van der Waals surface area contributed by atoms with Crippen molar-refractivity contribution >= 4 is 0 Å². The van der Waals surface area contributed by atoms with E-state index in [9.17, 15) is 0 Å². The topological polar surface area (TPSA) is 90.3 Å². The van der Waals surface area contributed by atoms with E-state index in [0.29, 0.717) is 0 Å². The molecule has 0 aliphatic carbocycles. The van der Waals surface area contributed by atoms with Crippen molar-refractivity contribution in [2.45, 2.75) is 26.2 Å². The molecule has 0 aliphatic rings. The summed E-state index contributed by atoms with van der Waals surface area (Å²) in [6, 6.07) is 41.8. The summed E-state index contributed by atoms with van der Waals surface area (Å²) < 4.78 is 0. The Morgan fingerprint density at radius 3 is 0.800 bits per heavy atom. The summed E-state index contributed by atoms with van der Waals surface area (Å²) in [6.07, 6.45) is 0. The molecular formula is C28H30AgN3O3. The first-order chi connectivity index (χ1) is 16.6. The maximum Gasteiger partial charge on any atom is 1.00 e. The van der Waals surface area contributed by atoms with Gasteiger partial charge in [0, 0.05) is 26.2 Å². The molecule has 0 spiro atoms. The van der Waals surface area contributed by atoms with Gasteiger partial charge in [-0.25, -0.2) is 0 Å². The molecule has 0 radical (unpaired) electrons. The Labute approximate surface area is 222 Å². The van der Waals surface area contributed by atoms with E-state index in [0.717, 1.165) is 26.2 Å². The van der Waals surface area contributed by atoms with Crippen LogP contribution in [0, 0.1) is 15.3 Å². The van der Waals surface area contributed by atoms with Gasteiger partial charge in [0.05, 0.1) is 5.09 Å². The summed E-state index contributed by atoms with van der Waals surface area (Å²) in [7, 11) is 0. The molecule has 4 rings (SSSR count). The minimum absolute atomic E-state index is 0. The molecule has 0 bridgehead atoms. The summed E-state index contributed by atoms with van der Waals surface area (Å²) >= 11 is 0. The minimum Gasteiger partial charge on any atom is -0.356 e. The molecule has 0 saturated heterocycles. The number of nitrogens with zero attached hydrogens (tertiary/aromatic N) is 1. The van der Waals surface area contributed by atoms with Gasteiger partial charge in [-0.15, -0.1) is 0 Å². The van der Waals surface area contributed by atoms with Crippen LogP contribution in [0.1, 0.15) is 22.3 Å². The van der Waals surface area contributed by atoms with Crippen LogP contribution in [0.2, 0.25) is 0 Å². The molecular weight excluding hydrogens is 534 g/mol. The van der Waals surface area contributed by atoms with Gasteiger partial charge in [-0.1, -0.05) is 121 Å². The zero-order valence-corrected chi connectivity index (χ0v) is 20.8. The van der Waals surface area contributed by atoms with E-state index in [-0.39, 0.29) is 22.4 Å². The third-order valence-corrected chi connectivity index (χ3v) is 4.69. The zero-order valence-electron chi connectivity index (χ0n) is 19.3. The second kappa shape index (κ2) is 19.1. The summed E-state index contributed by atoms with van der Waals surface area (Å²) in [6.45, 7) is 3.71. The Hall–Kier alpha value is -3.26. The van der Waals surface area contributed by atoms with Crippen LogP contribution in [-0.4, -0.2) is 5.09 Å². The molecule has 186 valence electrons. The van der Waals surface area contributed by atoms with E-state index in [2.05, 4.69) is 108 Å². The average Bonchev–Trinajstić information content (AvgIpc) is 2.87. The van der Waals surface area contributed by atoms with Crippen LogP contribution in [-0.2, 0) is 48.6 Å². The van der Waals surface area contributed by atoms with Crippen molar-refractivity contribution in [1.82, 2.24) is 10.6 Å². The van der Waals surface area contributed by atoms with Gasteiger partial charge in [0.1, 0.15) is 0 Å². The van der Waals surface area contributed by atoms with E-state index in [1.807, 2.05) is 24.3 Å². The fraction of sp³-hybridized carbons (Fsp3) is 0.143. The van der Waals surface area contributed by atoms with Gasteiger partial charge in [-0.05, 0) is 22.3 Å². The van der Waals surface area contributed by atoms with E-state index in [1.165, 1.54) is 22.3 Å². The summed E-state index contributed by atoms with van der Waals surface area (Å²) in [5.41, 5.74) is 5.31. The number of rotatable bonds is 8. The van der Waals surface area contributed by atoms with Crippen LogP contribution in [0.4, 0.5) is 0 Å². The van der Waals surface area contributed by atoms with Gasteiger partial charge in [0.2, 0.25) is 0 Å². The van der Waals surface area contributed by atoms with Crippen LogP contribution in [0.25, 0.3) is 0 Å². The molecule has 0 heterocycles. The third kappa shape index (κ3) is 15.3. The third-order valence-electron chi connectivity index (χ3n) is 4.69. The van der Waals surface area contributed by atoms with Crippen molar-refractivity contribution in [2.75, 3.05) is 0 Å². The molecule has 0 atom stereocenters. The van der Waals surface area contributed by atoms with E-state index >= 15 is 0 Å². The Balaban J connectivity index is 0.000000297. The molecule has 0 fully saturated rings. The van der Waals surface area contributed by atoms with Crippen LogP contribution >= 0.6 is 0 Å². The van der Waals surface area contributed by atoms with Crippen molar-refractivity contribution in [3.8, 4) is 0 Å². The fourth-order valence-corrected chi connectivity index (χ4v) is 3.09. The average molecular weight is 564 g/mol. The molecule has 35 heavy (non-hydrogen) atoms. The first-order valence-electron chi connectivity index (χ1n) is 11.0. The molecule has 0 saturated carbocycles. The largest absolute Gasteiger partial charge is 1.00 e. The molecule has 4 aromatic rings. The number of hydrogen-bond acceptors (Lipinski definition) is 5. The minimum atomic E-state index is -1.75. The van der Waals surface area contributed by atoms with Gasteiger partial charge in [0.25, 0.3) is 0 Å². The van der Waals surface area contributed by atoms with Gasteiger partial charge in [-0.3, -0.25) is 0 Å². The van der Waals surface area contributed by atoms with Crippen molar-refractivity contribution in [2.24, 2.45) is 0 Å². The monoisotopic (exact) mass is 563 g/mol. The Morgan fingerprint density at radius 1 is 0.457 bits per heavy atom. The standard InChI is InChI=1S/2C14H15N.Ag.NO3/c2*1-3-7-13(8-4-1)11-15-12-14-9-5-2-6-10-14;;2-1(3)4/h2*1-10,15H,11-12H2;;/q;;+1;-1. The van der Waals surface area contributed by atoms with Gasteiger partial charge >= 0.3 is 22.4 Å². The Morgan fingerprint density at radius 2 is 0.629 bits per heavy atom. The zero-order chi connectivity index (χ0) is 24.3. The van der Waals surface area contributed by atoms with E-state index in [1.54, 1.807) is 0 Å². The molecule has 0 aliphatic heterocycles. The molecule has 7 heteroatoms. The van der Waals surface area contributed by atoms with Crippen LogP contribution in [0.3, 0.4) is 0 Å². The van der Waals surface area contributed by atoms with Gasteiger partial charge < -0.3 is 26.0 Å². The summed E-state index contributed by atoms with van der Waals surface area (Å²) in [5, 5.41) is 21.6. The van der Waals surface area contributed by atoms with Crippen molar-refractivity contribution in [3.05, 3.63) is 159 Å². The van der Waals surface area contributed by atoms with Gasteiger partial charge in [-0.2, -0.15) is 0 Å². The van der Waals surface area contributed by atoms with Crippen LogP contribution < -0.4 is 10.6 Å². The second-order valence-electron chi connectivity index (χ2n) is 7.37. The van der Waals surface area contributed by atoms with Crippen LogP contribution in [0.15, 0.2) is 121 Å². The SMILES string of the molecule is O=[N+]([O-])[O-].[Ag+].c1ccc(CNCc2ccccc2)cc1.c1ccc(CNCc2ccccc2)cc1. The molecule has 2 N–H and O–H groups in total. The van der Waals surface area contributed by atoms with Crippen molar-refractivity contribution in [3.63, 3.8) is 0 Å². The van der Waals surface area contributed by atoms with Crippen LogP contribution in [0.5, 0.6) is 0 Å². The maximum atomic E-state index is 8.25. The first-order valence-corrected chi connectivity index (χ1v) is 11.0. The maximum absolute atomic E-state index is 8.25. The molecule has 0 amide bonds. The summed E-state index contributed by atoms with van der Waals surface area (Å²) in [4.78, 5) is 8.25. The number of nitrogens with one attached hydrogen (secondary N) is 2. The summed E-state index contributed by atoms with van der Waals surface area (Å²) in [5.74, 6) is 0. The number of hydrogen-bond donors (Lipinski definition) is 2. The van der Waals surface area contributed by atoms with E-state index < -0.39 is 5.09 Å². The van der Waals surface area contributed by atoms with Crippen molar-refractivity contribution in [1.29, 1.82) is 0 Å². The molecule has 0 aromatic heterocycles. The Bertz CT molecular complexity index is 874. The fourth-order valence-electron chi connectivity index (χ4n) is 3.09. The first kappa shape index (κ1) is 29.8. The normalized spacial score (nSPS) is 9.37. The second-order valence-corrected chi connectivity index (χ2v) is 7.37. The smallest absolute Gasteiger partial charge is 0.356 e. The molecule has 0 unspecified atom stereocenters. The quantitative estimate of drug-likeness (QED) is 0.163. The van der Waals surface area contributed by atoms with Gasteiger partial charge in [0.15, 0.2) is 0 Å². The molecule has 4 aromatic carbocycles.